The first-order chi connectivity index (χ1) is 12.7. The summed E-state index contributed by atoms with van der Waals surface area (Å²) in [6.45, 7) is 9.40. The van der Waals surface area contributed by atoms with Crippen LogP contribution in [0.15, 0.2) is 0 Å². The van der Waals surface area contributed by atoms with E-state index in [1.807, 2.05) is 0 Å². The van der Waals surface area contributed by atoms with Crippen LogP contribution < -0.4 is 10.2 Å². The first-order valence-corrected chi connectivity index (χ1v) is 11.2. The van der Waals surface area contributed by atoms with Gasteiger partial charge in [0.1, 0.15) is 11.6 Å². The van der Waals surface area contributed by atoms with Crippen LogP contribution in [0.2, 0.25) is 0 Å². The molecule has 0 aliphatic carbocycles. The molecule has 0 aliphatic rings. The zero-order chi connectivity index (χ0) is 21.5. The third-order valence-electron chi connectivity index (χ3n) is 2.79. The predicted molar refractivity (Wildman–Crippen MR) is 91.6 cm³/mol. The molecular weight excluding hydrogens is 435 g/mol. The maximum atomic E-state index is 10.2. The number of ketones is 2. The zero-order valence-electron chi connectivity index (χ0n) is 16.8. The van der Waals surface area contributed by atoms with Crippen LogP contribution in [-0.4, -0.2) is 36.7 Å². The second-order valence-electron chi connectivity index (χ2n) is 5.37. The molecule has 0 saturated carbocycles. The summed E-state index contributed by atoms with van der Waals surface area (Å²) in [5.74, 6) is -3.16. The van der Waals surface area contributed by atoms with Crippen molar-refractivity contribution < 1.29 is 59.1 Å². The number of carbonyl (C=O) groups excluding carboxylic acids is 4. The van der Waals surface area contributed by atoms with Crippen LogP contribution in [-0.2, 0) is 48.9 Å². The summed E-state index contributed by atoms with van der Waals surface area (Å²) < 4.78 is 10.7. The molecule has 0 rings (SSSR count). The minimum atomic E-state index is -1.29. The Bertz CT molecular complexity index is 363. The number of carboxylic acids is 2. The number of carboxylic acid groups (broad SMARTS) is 2. The SMILES string of the molecule is CCC(=O)CC(=O)[O-].CCC(=O)CC(=O)[O-].CCCC[O][Zr+2][O]CCCC. The van der Waals surface area contributed by atoms with Crippen LogP contribution in [0.1, 0.15) is 79.1 Å². The molecule has 9 heteroatoms. The molecule has 0 aromatic carbocycles. The van der Waals surface area contributed by atoms with Crippen molar-refractivity contribution in [2.24, 2.45) is 0 Å². The van der Waals surface area contributed by atoms with Gasteiger partial charge in [-0.05, 0) is 0 Å². The van der Waals surface area contributed by atoms with Gasteiger partial charge in [0.2, 0.25) is 0 Å². The fourth-order valence-electron chi connectivity index (χ4n) is 1.13. The van der Waals surface area contributed by atoms with Crippen molar-refractivity contribution in [2.75, 3.05) is 13.2 Å². The van der Waals surface area contributed by atoms with Crippen molar-refractivity contribution in [2.45, 2.75) is 79.1 Å². The number of unbranched alkanes of at least 4 members (excludes halogenated alkanes) is 2. The second kappa shape index (κ2) is 25.1. The molecule has 0 spiro atoms. The summed E-state index contributed by atoms with van der Waals surface area (Å²) in [6, 6.07) is 0. The molecule has 0 unspecified atom stereocenters. The van der Waals surface area contributed by atoms with Crippen LogP contribution in [0.3, 0.4) is 0 Å². The minimum absolute atomic E-state index is 0.272. The summed E-state index contributed by atoms with van der Waals surface area (Å²) in [5.41, 5.74) is 0. The molecule has 27 heavy (non-hydrogen) atoms. The summed E-state index contributed by atoms with van der Waals surface area (Å²) in [4.78, 5) is 39.7. The Kier molecular flexibility index (Phi) is 28.6. The van der Waals surface area contributed by atoms with Crippen molar-refractivity contribution in [1.82, 2.24) is 0 Å². The van der Waals surface area contributed by atoms with E-state index in [9.17, 15) is 29.4 Å². The first-order valence-electron chi connectivity index (χ1n) is 9.16. The number of hydrogen-bond acceptors (Lipinski definition) is 8. The van der Waals surface area contributed by atoms with Crippen molar-refractivity contribution >= 4 is 23.5 Å². The first kappa shape index (κ1) is 30.8. The Morgan fingerprint density at radius 2 is 1.04 bits per heavy atom. The van der Waals surface area contributed by atoms with Gasteiger partial charge in [-0.1, -0.05) is 13.8 Å². The van der Waals surface area contributed by atoms with E-state index in [0.717, 1.165) is 13.2 Å². The van der Waals surface area contributed by atoms with Gasteiger partial charge < -0.3 is 19.8 Å². The van der Waals surface area contributed by atoms with Gasteiger partial charge in [-0.3, -0.25) is 9.59 Å². The number of hydrogen-bond donors (Lipinski definition) is 0. The van der Waals surface area contributed by atoms with E-state index in [2.05, 4.69) is 13.8 Å². The van der Waals surface area contributed by atoms with Crippen molar-refractivity contribution in [3.63, 3.8) is 0 Å². The maximum absolute atomic E-state index is 10.2. The summed E-state index contributed by atoms with van der Waals surface area (Å²) in [7, 11) is 0. The average Bonchev–Trinajstić information content (AvgIpc) is 2.61. The van der Waals surface area contributed by atoms with E-state index >= 15 is 0 Å². The van der Waals surface area contributed by atoms with Gasteiger partial charge >= 0.3 is 82.5 Å². The molecule has 0 aromatic rings. The molecule has 0 aliphatic heterocycles. The molecule has 0 bridgehead atoms. The Morgan fingerprint density at radius 1 is 0.704 bits per heavy atom. The molecule has 0 saturated heterocycles. The summed E-state index contributed by atoms with van der Waals surface area (Å²) in [6.07, 6.45) is 4.44. The molecule has 0 radical (unpaired) electrons. The van der Waals surface area contributed by atoms with E-state index < -0.39 is 48.9 Å². The fourth-order valence-corrected chi connectivity index (χ4v) is 2.45. The molecule has 8 nitrogen and oxygen atoms in total. The van der Waals surface area contributed by atoms with Crippen LogP contribution in [0.25, 0.3) is 0 Å². The van der Waals surface area contributed by atoms with Gasteiger partial charge in [-0.25, -0.2) is 0 Å². The van der Waals surface area contributed by atoms with E-state index in [1.165, 1.54) is 25.7 Å². The van der Waals surface area contributed by atoms with Crippen LogP contribution >= 0.6 is 0 Å². The molecule has 156 valence electrons. The quantitative estimate of drug-likeness (QED) is 0.270. The topological polar surface area (TPSA) is 133 Å². The molecule has 0 N–H and O–H groups in total. The average molecular weight is 468 g/mol. The molecular formula is C18H32O8Zr. The van der Waals surface area contributed by atoms with Crippen molar-refractivity contribution in [1.29, 1.82) is 0 Å². The van der Waals surface area contributed by atoms with E-state index in [-0.39, 0.29) is 24.4 Å². The zero-order valence-corrected chi connectivity index (χ0v) is 19.3. The Balaban J connectivity index is -0.000000327. The van der Waals surface area contributed by atoms with Gasteiger partial charge in [0.05, 0.1) is 0 Å². The Hall–Kier alpha value is -0.917. The van der Waals surface area contributed by atoms with Gasteiger partial charge in [-0.15, -0.1) is 0 Å². The molecule has 0 amide bonds. The number of Topliss-reactive ketones (excluding diaryl/α,β-unsaturated/α-hetero) is 2. The Labute approximate surface area is 174 Å². The van der Waals surface area contributed by atoms with E-state index in [4.69, 9.17) is 5.63 Å². The number of carbonyl (C=O) groups is 4. The van der Waals surface area contributed by atoms with Gasteiger partial charge in [-0.2, -0.15) is 0 Å². The van der Waals surface area contributed by atoms with Crippen LogP contribution in [0, 0.1) is 0 Å². The summed E-state index contributed by atoms with van der Waals surface area (Å²) in [5, 5.41) is 19.3. The third kappa shape index (κ3) is 36.7. The molecule has 0 atom stereocenters. The van der Waals surface area contributed by atoms with Crippen LogP contribution in [0.5, 0.6) is 0 Å². The fraction of sp³-hybridized carbons (Fsp3) is 0.778. The number of aliphatic carboxylic acids is 2. The van der Waals surface area contributed by atoms with E-state index in [0.29, 0.717) is 0 Å². The van der Waals surface area contributed by atoms with Crippen LogP contribution in [0.4, 0.5) is 0 Å². The standard InChI is InChI=1S/2C5H8O3.2C4H9O.Zr/c2*1-2-4(6)3-5(7)8;2*1-2-3-4-5;/h2*2-3H2,1H3,(H,7,8);2*2-4H2,1H3;/q;;2*-1;+4/p-2. The van der Waals surface area contributed by atoms with Gasteiger partial charge in [0.25, 0.3) is 0 Å². The normalized spacial score (nSPS) is 9.04. The van der Waals surface area contributed by atoms with Gasteiger partial charge in [0, 0.05) is 37.6 Å². The van der Waals surface area contributed by atoms with E-state index in [1.54, 1.807) is 13.8 Å². The monoisotopic (exact) mass is 466 g/mol. The molecule has 0 aromatic heterocycles. The molecule has 0 heterocycles. The predicted octanol–water partition coefficient (Wildman–Crippen LogP) is 0.743. The third-order valence-corrected chi connectivity index (χ3v) is 4.37. The van der Waals surface area contributed by atoms with Crippen molar-refractivity contribution in [3.05, 3.63) is 0 Å². The molecule has 0 fully saturated rings. The van der Waals surface area contributed by atoms with Crippen molar-refractivity contribution in [3.8, 4) is 0 Å². The summed E-state index contributed by atoms with van der Waals surface area (Å²) >= 11 is -0.876. The number of rotatable bonds is 14. The Morgan fingerprint density at radius 3 is 1.22 bits per heavy atom. The van der Waals surface area contributed by atoms with Gasteiger partial charge in [0.15, 0.2) is 0 Å². The second-order valence-corrected chi connectivity index (χ2v) is 7.20.